The summed E-state index contributed by atoms with van der Waals surface area (Å²) in [7, 11) is 0. The van der Waals surface area contributed by atoms with Crippen LogP contribution in [0.15, 0.2) is 46.8 Å². The molecule has 4 rings (SSSR count). The van der Waals surface area contributed by atoms with Crippen LogP contribution in [0.3, 0.4) is 0 Å². The van der Waals surface area contributed by atoms with E-state index < -0.39 is 5.92 Å². The molecule has 1 aromatic carbocycles. The number of aromatic hydroxyl groups is 1. The largest absolute Gasteiger partial charge is 0.508 e. The van der Waals surface area contributed by atoms with Crippen LogP contribution >= 0.6 is 0 Å². The van der Waals surface area contributed by atoms with Gasteiger partial charge in [0.25, 0.3) is 0 Å². The quantitative estimate of drug-likeness (QED) is 0.794. The molecule has 1 atom stereocenters. The van der Waals surface area contributed by atoms with E-state index in [1.807, 2.05) is 13.0 Å². The van der Waals surface area contributed by atoms with E-state index >= 15 is 0 Å². The highest BCUT2D eigenvalue weighted by Gasteiger charge is 2.39. The minimum absolute atomic E-state index is 0.0416. The van der Waals surface area contributed by atoms with Crippen molar-refractivity contribution in [1.82, 2.24) is 5.32 Å². The third kappa shape index (κ3) is 3.38. The number of Topliss-reactive ketones (excluding diaryl/α,β-unsaturated/α-hetero) is 1. The van der Waals surface area contributed by atoms with Gasteiger partial charge in [0.05, 0.1) is 5.57 Å². The topological polar surface area (TPSA) is 75.6 Å². The van der Waals surface area contributed by atoms with Gasteiger partial charge in [-0.3, -0.25) is 4.79 Å². The molecule has 0 saturated heterocycles. The van der Waals surface area contributed by atoms with Gasteiger partial charge in [-0.15, -0.1) is 0 Å². The van der Waals surface area contributed by atoms with E-state index in [4.69, 9.17) is 4.74 Å². The van der Waals surface area contributed by atoms with Gasteiger partial charge < -0.3 is 15.2 Å². The van der Waals surface area contributed by atoms with Crippen LogP contribution < -0.4 is 5.32 Å². The number of ether oxygens (including phenoxy) is 1. The van der Waals surface area contributed by atoms with Gasteiger partial charge in [0.2, 0.25) is 0 Å². The number of phenolic OH excluding ortho intramolecular Hbond substituents is 1. The predicted molar refractivity (Wildman–Crippen MR) is 101 cm³/mol. The first-order valence-electron chi connectivity index (χ1n) is 9.78. The lowest BCUT2D eigenvalue weighted by Gasteiger charge is -2.34. The fraction of sp³-hybridized carbons (Fsp3) is 0.455. The summed E-state index contributed by atoms with van der Waals surface area (Å²) in [5.74, 6) is -0.659. The van der Waals surface area contributed by atoms with Crippen molar-refractivity contribution in [3.05, 3.63) is 52.4 Å². The Labute approximate surface area is 159 Å². The first kappa shape index (κ1) is 17.8. The van der Waals surface area contributed by atoms with E-state index in [2.05, 4.69) is 5.32 Å². The molecule has 0 bridgehead atoms. The molecule has 3 aliphatic rings. The molecule has 0 radical (unpaired) electrons. The van der Waals surface area contributed by atoms with Crippen molar-refractivity contribution >= 4 is 11.8 Å². The SMILES string of the molecule is CC1=C(C(=O)OC2CCCC2)[C@H](c2cccc(O)c2)C2=C(CCCC2=O)N1. The summed E-state index contributed by atoms with van der Waals surface area (Å²) in [5, 5.41) is 13.3. The lowest BCUT2D eigenvalue weighted by atomic mass is 9.75. The first-order chi connectivity index (χ1) is 13.0. The third-order valence-electron chi connectivity index (χ3n) is 5.78. The lowest BCUT2D eigenvalue weighted by molar-refractivity contribution is -0.144. The van der Waals surface area contributed by atoms with Crippen molar-refractivity contribution in [1.29, 1.82) is 0 Å². The highest BCUT2D eigenvalue weighted by molar-refractivity contribution is 6.03. The number of hydrogen-bond acceptors (Lipinski definition) is 5. The Morgan fingerprint density at radius 2 is 1.96 bits per heavy atom. The Bertz CT molecular complexity index is 846. The van der Waals surface area contributed by atoms with Crippen LogP contribution in [0.1, 0.15) is 63.4 Å². The second-order valence-electron chi connectivity index (χ2n) is 7.67. The number of carbonyl (C=O) groups is 2. The normalized spacial score (nSPS) is 23.3. The Morgan fingerprint density at radius 3 is 2.70 bits per heavy atom. The van der Waals surface area contributed by atoms with E-state index in [-0.39, 0.29) is 23.6 Å². The van der Waals surface area contributed by atoms with Gasteiger partial charge in [0, 0.05) is 29.3 Å². The molecular weight excluding hydrogens is 342 g/mol. The van der Waals surface area contributed by atoms with Gasteiger partial charge in [-0.25, -0.2) is 4.79 Å². The zero-order valence-electron chi connectivity index (χ0n) is 15.6. The fourth-order valence-electron chi connectivity index (χ4n) is 4.51. The molecule has 0 spiro atoms. The smallest absolute Gasteiger partial charge is 0.337 e. The molecule has 1 heterocycles. The number of phenols is 1. The summed E-state index contributed by atoms with van der Waals surface area (Å²) in [6.07, 6.45) is 6.01. The van der Waals surface area contributed by atoms with Crippen LogP contribution in [0, 0.1) is 0 Å². The van der Waals surface area contributed by atoms with Gasteiger partial charge in [0.1, 0.15) is 11.9 Å². The van der Waals surface area contributed by atoms with Crippen molar-refractivity contribution in [3.8, 4) is 5.75 Å². The van der Waals surface area contributed by atoms with E-state index in [1.165, 1.54) is 0 Å². The Hall–Kier alpha value is -2.56. The summed E-state index contributed by atoms with van der Waals surface area (Å²) in [5.41, 5.74) is 3.52. The fourth-order valence-corrected chi connectivity index (χ4v) is 4.51. The molecule has 0 aromatic heterocycles. The molecule has 0 amide bonds. The van der Waals surface area contributed by atoms with Crippen LogP contribution in [-0.4, -0.2) is 23.0 Å². The molecule has 0 unspecified atom stereocenters. The second kappa shape index (κ2) is 7.22. The Balaban J connectivity index is 1.77. The number of allylic oxidation sites excluding steroid dienone is 3. The highest BCUT2D eigenvalue weighted by Crippen LogP contribution is 2.43. The minimum atomic E-state index is -0.491. The maximum atomic E-state index is 13.1. The van der Waals surface area contributed by atoms with Crippen molar-refractivity contribution < 1.29 is 19.4 Å². The maximum Gasteiger partial charge on any atom is 0.337 e. The summed E-state index contributed by atoms with van der Waals surface area (Å²) >= 11 is 0. The highest BCUT2D eigenvalue weighted by atomic mass is 16.5. The molecule has 142 valence electrons. The number of nitrogens with one attached hydrogen (secondary N) is 1. The van der Waals surface area contributed by atoms with Crippen molar-refractivity contribution in [2.24, 2.45) is 0 Å². The van der Waals surface area contributed by atoms with Crippen molar-refractivity contribution in [2.75, 3.05) is 0 Å². The summed E-state index contributed by atoms with van der Waals surface area (Å²) < 4.78 is 5.78. The lowest BCUT2D eigenvalue weighted by Crippen LogP contribution is -2.35. The van der Waals surface area contributed by atoms with E-state index in [1.54, 1.807) is 18.2 Å². The van der Waals surface area contributed by atoms with Gasteiger partial charge in [-0.05, 0) is 63.1 Å². The van der Waals surface area contributed by atoms with Crippen LogP contribution in [0.5, 0.6) is 5.75 Å². The molecule has 5 heteroatoms. The van der Waals surface area contributed by atoms with Gasteiger partial charge in [-0.2, -0.15) is 0 Å². The van der Waals surface area contributed by atoms with Crippen LogP contribution in [0.25, 0.3) is 0 Å². The average molecular weight is 367 g/mol. The number of ketones is 1. The molecule has 27 heavy (non-hydrogen) atoms. The van der Waals surface area contributed by atoms with E-state index in [0.29, 0.717) is 17.6 Å². The molecule has 2 N–H and O–H groups in total. The van der Waals surface area contributed by atoms with Gasteiger partial charge in [0.15, 0.2) is 5.78 Å². The van der Waals surface area contributed by atoms with Crippen molar-refractivity contribution in [3.63, 3.8) is 0 Å². The first-order valence-corrected chi connectivity index (χ1v) is 9.78. The van der Waals surface area contributed by atoms with Crippen LogP contribution in [0.4, 0.5) is 0 Å². The number of esters is 1. The summed E-state index contributed by atoms with van der Waals surface area (Å²) in [6.45, 7) is 1.86. The third-order valence-corrected chi connectivity index (χ3v) is 5.78. The Kier molecular flexibility index (Phi) is 4.77. The van der Waals surface area contributed by atoms with Gasteiger partial charge in [-0.1, -0.05) is 12.1 Å². The van der Waals surface area contributed by atoms with E-state index in [9.17, 15) is 14.7 Å². The molecule has 1 saturated carbocycles. The standard InChI is InChI=1S/C22H25NO4/c1-13-19(22(26)27-16-8-2-3-9-16)20(14-6-4-7-15(24)12-14)21-17(23-13)10-5-11-18(21)25/h4,6-7,12,16,20,23-24H,2-3,5,8-11H2,1H3/t20-/m0/s1. The van der Waals surface area contributed by atoms with E-state index in [0.717, 1.165) is 55.5 Å². The predicted octanol–water partition coefficient (Wildman–Crippen LogP) is 3.85. The number of dihydropyridines is 1. The summed E-state index contributed by atoms with van der Waals surface area (Å²) in [6, 6.07) is 6.84. The minimum Gasteiger partial charge on any atom is -0.508 e. The zero-order valence-corrected chi connectivity index (χ0v) is 15.6. The van der Waals surface area contributed by atoms with Crippen molar-refractivity contribution in [2.45, 2.75) is 63.9 Å². The summed E-state index contributed by atoms with van der Waals surface area (Å²) in [4.78, 5) is 25.9. The zero-order chi connectivity index (χ0) is 19.0. The molecule has 1 aromatic rings. The molecule has 1 aliphatic heterocycles. The molecule has 1 fully saturated rings. The number of rotatable bonds is 3. The Morgan fingerprint density at radius 1 is 1.19 bits per heavy atom. The van der Waals surface area contributed by atoms with Gasteiger partial charge >= 0.3 is 5.97 Å². The second-order valence-corrected chi connectivity index (χ2v) is 7.67. The molecule has 5 nitrogen and oxygen atoms in total. The van der Waals surface area contributed by atoms with Crippen LogP contribution in [0.2, 0.25) is 0 Å². The monoisotopic (exact) mass is 367 g/mol. The molecule has 2 aliphatic carbocycles. The molecular formula is C22H25NO4. The number of hydrogen-bond donors (Lipinski definition) is 2. The number of benzene rings is 1. The average Bonchev–Trinajstić information content (AvgIpc) is 3.13. The van der Waals surface area contributed by atoms with Crippen LogP contribution in [-0.2, 0) is 14.3 Å². The number of carbonyl (C=O) groups excluding carboxylic acids is 2. The maximum absolute atomic E-state index is 13.1.